The molecule has 0 atom stereocenters. The molecule has 0 heterocycles. The zero-order valence-corrected chi connectivity index (χ0v) is 14.6. The average Bonchev–Trinajstić information content (AvgIpc) is 2.43. The molecule has 0 aromatic heterocycles. The maximum absolute atomic E-state index is 12.3. The molecule has 0 saturated heterocycles. The first-order valence-corrected chi connectivity index (χ1v) is 7.83. The Hall–Kier alpha value is -1.08. The number of hydrogen-bond acceptors (Lipinski definition) is 2. The van der Waals surface area contributed by atoms with Crippen molar-refractivity contribution in [2.45, 2.75) is 6.54 Å². The van der Waals surface area contributed by atoms with Crippen molar-refractivity contribution < 1.29 is 9.90 Å². The summed E-state index contributed by atoms with van der Waals surface area (Å²) in [6.07, 6.45) is 0. The molecular weight excluding hydrogens is 433 g/mol. The van der Waals surface area contributed by atoms with Gasteiger partial charge in [-0.2, -0.15) is 0 Å². The van der Waals surface area contributed by atoms with E-state index < -0.39 is 0 Å². The van der Waals surface area contributed by atoms with E-state index in [-0.39, 0.29) is 11.7 Å². The summed E-state index contributed by atoms with van der Waals surface area (Å²) in [6.45, 7) is 0.497. The maximum Gasteiger partial charge on any atom is 0.257 e. The molecule has 0 spiro atoms. The van der Waals surface area contributed by atoms with Crippen LogP contribution in [0.15, 0.2) is 46.9 Å². The minimum absolute atomic E-state index is 0.0121. The first kappa shape index (κ1) is 15.3. The third-order valence-corrected chi connectivity index (χ3v) is 4.07. The highest BCUT2D eigenvalue weighted by Crippen LogP contribution is 2.22. The van der Waals surface area contributed by atoms with Crippen LogP contribution in [0.4, 0.5) is 0 Å². The molecule has 0 saturated carbocycles. The molecule has 2 aromatic carbocycles. The molecule has 2 aromatic rings. The third-order valence-electron chi connectivity index (χ3n) is 2.87. The van der Waals surface area contributed by atoms with Crippen LogP contribution >= 0.6 is 38.5 Å². The van der Waals surface area contributed by atoms with E-state index in [4.69, 9.17) is 0 Å². The molecule has 1 N–H and O–H groups in total. The number of phenolic OH excluding ortho intramolecular Hbond substituents is 1. The molecule has 0 aliphatic carbocycles. The van der Waals surface area contributed by atoms with Gasteiger partial charge >= 0.3 is 0 Å². The Morgan fingerprint density at radius 1 is 1.25 bits per heavy atom. The molecule has 0 aliphatic heterocycles. The van der Waals surface area contributed by atoms with Gasteiger partial charge in [0.05, 0.1) is 5.56 Å². The molecule has 1 amide bonds. The summed E-state index contributed by atoms with van der Waals surface area (Å²) in [6, 6.07) is 12.8. The van der Waals surface area contributed by atoms with E-state index in [0.29, 0.717) is 12.1 Å². The Morgan fingerprint density at radius 2 is 1.90 bits per heavy atom. The van der Waals surface area contributed by atoms with Crippen LogP contribution in [-0.4, -0.2) is 23.0 Å². The van der Waals surface area contributed by atoms with Crippen LogP contribution in [0.25, 0.3) is 0 Å². The highest BCUT2D eigenvalue weighted by molar-refractivity contribution is 14.1. The van der Waals surface area contributed by atoms with Crippen molar-refractivity contribution in [1.29, 1.82) is 0 Å². The second-order valence-electron chi connectivity index (χ2n) is 4.45. The highest BCUT2D eigenvalue weighted by Gasteiger charge is 2.16. The smallest absolute Gasteiger partial charge is 0.257 e. The molecule has 5 heteroatoms. The van der Waals surface area contributed by atoms with E-state index >= 15 is 0 Å². The first-order valence-electron chi connectivity index (χ1n) is 5.96. The lowest BCUT2D eigenvalue weighted by atomic mass is 10.1. The van der Waals surface area contributed by atoms with Crippen LogP contribution < -0.4 is 0 Å². The van der Waals surface area contributed by atoms with Gasteiger partial charge in [0.25, 0.3) is 5.91 Å². The lowest BCUT2D eigenvalue weighted by molar-refractivity contribution is 0.0782. The molecule has 104 valence electrons. The first-order chi connectivity index (χ1) is 9.47. The van der Waals surface area contributed by atoms with Gasteiger partial charge in [0, 0.05) is 21.6 Å². The normalized spacial score (nSPS) is 10.3. The SMILES string of the molecule is CN(Cc1ccc(Br)cc1)C(=O)c1cc(I)ccc1O. The van der Waals surface area contributed by atoms with Gasteiger partial charge in [-0.05, 0) is 58.5 Å². The Kier molecular flexibility index (Phi) is 5.04. The summed E-state index contributed by atoms with van der Waals surface area (Å²) in [7, 11) is 1.73. The number of rotatable bonds is 3. The topological polar surface area (TPSA) is 40.5 Å². The molecule has 0 bridgehead atoms. The van der Waals surface area contributed by atoms with Crippen molar-refractivity contribution in [1.82, 2.24) is 4.90 Å². The van der Waals surface area contributed by atoms with Gasteiger partial charge in [-0.3, -0.25) is 4.79 Å². The van der Waals surface area contributed by atoms with Gasteiger partial charge in [0.15, 0.2) is 0 Å². The predicted molar refractivity (Wildman–Crippen MR) is 90.8 cm³/mol. The van der Waals surface area contributed by atoms with E-state index in [1.165, 1.54) is 0 Å². The molecular formula is C15H13BrINO2. The van der Waals surface area contributed by atoms with Crippen LogP contribution in [0.3, 0.4) is 0 Å². The summed E-state index contributed by atoms with van der Waals surface area (Å²) in [5.41, 5.74) is 1.37. The van der Waals surface area contributed by atoms with Crippen LogP contribution in [0.2, 0.25) is 0 Å². The molecule has 0 unspecified atom stereocenters. The minimum atomic E-state index is -0.191. The largest absolute Gasteiger partial charge is 0.507 e. The van der Waals surface area contributed by atoms with Gasteiger partial charge in [-0.15, -0.1) is 0 Å². The Labute approximate surface area is 139 Å². The van der Waals surface area contributed by atoms with E-state index in [9.17, 15) is 9.90 Å². The summed E-state index contributed by atoms with van der Waals surface area (Å²) in [4.78, 5) is 13.9. The highest BCUT2D eigenvalue weighted by atomic mass is 127. The fourth-order valence-electron chi connectivity index (χ4n) is 1.82. The number of carbonyl (C=O) groups is 1. The van der Waals surface area contributed by atoms with Crippen molar-refractivity contribution in [3.05, 3.63) is 61.6 Å². The Bertz CT molecular complexity index is 628. The number of hydrogen-bond donors (Lipinski definition) is 1. The lowest BCUT2D eigenvalue weighted by Gasteiger charge is -2.18. The number of aromatic hydroxyl groups is 1. The fraction of sp³-hybridized carbons (Fsp3) is 0.133. The van der Waals surface area contributed by atoms with Gasteiger partial charge in [-0.1, -0.05) is 28.1 Å². The molecule has 3 nitrogen and oxygen atoms in total. The Morgan fingerprint density at radius 3 is 2.55 bits per heavy atom. The van der Waals surface area contributed by atoms with Gasteiger partial charge in [0.2, 0.25) is 0 Å². The zero-order chi connectivity index (χ0) is 14.7. The maximum atomic E-state index is 12.3. The molecule has 0 radical (unpaired) electrons. The number of phenols is 1. The van der Waals surface area contributed by atoms with E-state index in [0.717, 1.165) is 13.6 Å². The second kappa shape index (κ2) is 6.58. The molecule has 0 fully saturated rings. The van der Waals surface area contributed by atoms with Gasteiger partial charge in [0.1, 0.15) is 5.75 Å². The quantitative estimate of drug-likeness (QED) is 0.724. The summed E-state index contributed by atoms with van der Waals surface area (Å²) < 4.78 is 1.92. The molecule has 2 rings (SSSR count). The second-order valence-corrected chi connectivity index (χ2v) is 6.61. The van der Waals surface area contributed by atoms with Crippen molar-refractivity contribution in [2.24, 2.45) is 0 Å². The third kappa shape index (κ3) is 3.73. The minimum Gasteiger partial charge on any atom is -0.507 e. The number of carbonyl (C=O) groups excluding carboxylic acids is 1. The van der Waals surface area contributed by atoms with Gasteiger partial charge in [-0.25, -0.2) is 0 Å². The molecule has 0 aliphatic rings. The summed E-state index contributed by atoms with van der Waals surface area (Å²) in [5, 5.41) is 9.80. The van der Waals surface area contributed by atoms with Crippen LogP contribution in [-0.2, 0) is 6.54 Å². The van der Waals surface area contributed by atoms with Crippen LogP contribution in [0.5, 0.6) is 5.75 Å². The monoisotopic (exact) mass is 445 g/mol. The Balaban J connectivity index is 2.16. The molecule has 20 heavy (non-hydrogen) atoms. The van der Waals surface area contributed by atoms with Crippen molar-refractivity contribution in [3.63, 3.8) is 0 Å². The fourth-order valence-corrected chi connectivity index (χ4v) is 2.58. The van der Waals surface area contributed by atoms with E-state index in [1.54, 1.807) is 30.1 Å². The summed E-state index contributed by atoms with van der Waals surface area (Å²) >= 11 is 5.50. The predicted octanol–water partition coefficient (Wildman–Crippen LogP) is 4.03. The zero-order valence-electron chi connectivity index (χ0n) is 10.8. The van der Waals surface area contributed by atoms with Crippen LogP contribution in [0, 0.1) is 3.57 Å². The standard InChI is InChI=1S/C15H13BrINO2/c1-18(9-10-2-4-11(16)5-3-10)15(20)13-8-12(17)6-7-14(13)19/h2-8,19H,9H2,1H3. The average molecular weight is 446 g/mol. The van der Waals surface area contributed by atoms with Crippen molar-refractivity contribution in [3.8, 4) is 5.75 Å². The van der Waals surface area contributed by atoms with E-state index in [1.807, 2.05) is 24.3 Å². The number of amides is 1. The number of benzene rings is 2. The number of nitrogens with zero attached hydrogens (tertiary/aromatic N) is 1. The summed E-state index contributed by atoms with van der Waals surface area (Å²) in [5.74, 6) is -0.179. The number of halogens is 2. The van der Waals surface area contributed by atoms with Crippen LogP contribution in [0.1, 0.15) is 15.9 Å². The van der Waals surface area contributed by atoms with Crippen molar-refractivity contribution in [2.75, 3.05) is 7.05 Å². The van der Waals surface area contributed by atoms with E-state index in [2.05, 4.69) is 38.5 Å². The van der Waals surface area contributed by atoms with Crippen molar-refractivity contribution >= 4 is 44.4 Å². The van der Waals surface area contributed by atoms with Gasteiger partial charge < -0.3 is 10.0 Å². The lowest BCUT2D eigenvalue weighted by Crippen LogP contribution is -2.26.